The van der Waals surface area contributed by atoms with Crippen molar-refractivity contribution < 1.29 is 14.7 Å². The third kappa shape index (κ3) is 5.89. The quantitative estimate of drug-likeness (QED) is 0.331. The van der Waals surface area contributed by atoms with Gasteiger partial charge >= 0.3 is 5.97 Å². The van der Waals surface area contributed by atoms with E-state index in [9.17, 15) is 9.59 Å². The lowest BCUT2D eigenvalue weighted by molar-refractivity contribution is -0.137. The third-order valence-electron chi connectivity index (χ3n) is 6.56. The van der Waals surface area contributed by atoms with Crippen LogP contribution in [0.25, 0.3) is 22.3 Å². The van der Waals surface area contributed by atoms with Crippen LogP contribution in [0.3, 0.4) is 0 Å². The molecule has 9 nitrogen and oxygen atoms in total. The van der Waals surface area contributed by atoms with E-state index in [4.69, 9.17) is 26.7 Å². The van der Waals surface area contributed by atoms with Crippen LogP contribution in [0.1, 0.15) is 35.3 Å². The second-order valence-electron chi connectivity index (χ2n) is 9.16. The second kappa shape index (κ2) is 11.5. The van der Waals surface area contributed by atoms with E-state index in [1.807, 2.05) is 35.2 Å². The van der Waals surface area contributed by atoms with Gasteiger partial charge in [-0.25, -0.2) is 19.9 Å². The van der Waals surface area contributed by atoms with E-state index >= 15 is 0 Å². The standard InChI is InChI=1S/C28H27ClN6O3/c29-21-9-6-19(7-10-21)26-23(4-1-2-5-25(36)37)32-24-18-20(8-11-22(24)33-26)27(38)34-14-16-35(17-15-34)28-30-12-3-13-31-28/h3,6-13,18H,1-2,4-5,14-17H2,(H,36,37). The molecule has 0 atom stereocenters. The summed E-state index contributed by atoms with van der Waals surface area (Å²) in [5.74, 6) is -0.187. The van der Waals surface area contributed by atoms with E-state index in [2.05, 4.69) is 14.9 Å². The van der Waals surface area contributed by atoms with Crippen molar-refractivity contribution in [1.29, 1.82) is 0 Å². The van der Waals surface area contributed by atoms with Crippen LogP contribution in [0.2, 0.25) is 5.02 Å². The van der Waals surface area contributed by atoms with E-state index in [0.717, 1.165) is 17.0 Å². The van der Waals surface area contributed by atoms with Crippen LogP contribution >= 0.6 is 11.6 Å². The number of unbranched alkanes of at least 4 members (excludes halogenated alkanes) is 1. The molecule has 2 aromatic heterocycles. The number of halogens is 1. The maximum absolute atomic E-state index is 13.3. The molecule has 38 heavy (non-hydrogen) atoms. The molecule has 1 aliphatic rings. The molecule has 5 rings (SSSR count). The summed E-state index contributed by atoms with van der Waals surface area (Å²) in [4.78, 5) is 46.6. The van der Waals surface area contributed by atoms with Gasteiger partial charge in [-0.05, 0) is 55.7 Å². The molecule has 194 valence electrons. The van der Waals surface area contributed by atoms with Crippen molar-refractivity contribution in [3.63, 3.8) is 0 Å². The van der Waals surface area contributed by atoms with Crippen LogP contribution in [0.5, 0.6) is 0 Å². The average molecular weight is 531 g/mol. The van der Waals surface area contributed by atoms with E-state index < -0.39 is 5.97 Å². The molecule has 1 aliphatic heterocycles. The molecule has 1 N–H and O–H groups in total. The van der Waals surface area contributed by atoms with Gasteiger partial charge in [-0.1, -0.05) is 23.7 Å². The number of hydrogen-bond acceptors (Lipinski definition) is 7. The highest BCUT2D eigenvalue weighted by atomic mass is 35.5. The SMILES string of the molecule is O=C(O)CCCCc1nc2cc(C(=O)N3CCN(c4ncccn4)CC3)ccc2nc1-c1ccc(Cl)cc1. The summed E-state index contributed by atoms with van der Waals surface area (Å²) in [5, 5.41) is 9.62. The second-order valence-corrected chi connectivity index (χ2v) is 9.59. The molecule has 0 spiro atoms. The number of amides is 1. The number of fused-ring (bicyclic) bond motifs is 1. The lowest BCUT2D eigenvalue weighted by Crippen LogP contribution is -2.49. The summed E-state index contributed by atoms with van der Waals surface area (Å²) in [6.07, 6.45) is 5.34. The molecule has 2 aromatic carbocycles. The normalized spacial score (nSPS) is 13.6. The molecule has 0 unspecified atom stereocenters. The van der Waals surface area contributed by atoms with Gasteiger partial charge in [0, 0.05) is 61.1 Å². The predicted molar refractivity (Wildman–Crippen MR) is 145 cm³/mol. The Morgan fingerprint density at radius 3 is 2.34 bits per heavy atom. The van der Waals surface area contributed by atoms with Crippen molar-refractivity contribution in [2.45, 2.75) is 25.7 Å². The molecular weight excluding hydrogens is 504 g/mol. The Morgan fingerprint density at radius 2 is 1.63 bits per heavy atom. The first-order valence-corrected chi connectivity index (χ1v) is 13.0. The highest BCUT2D eigenvalue weighted by Crippen LogP contribution is 2.27. The number of nitrogens with zero attached hydrogens (tertiary/aromatic N) is 6. The zero-order chi connectivity index (χ0) is 26.5. The van der Waals surface area contributed by atoms with Crippen molar-refractivity contribution in [3.05, 3.63) is 77.2 Å². The topological polar surface area (TPSA) is 112 Å². The third-order valence-corrected chi connectivity index (χ3v) is 6.81. The minimum atomic E-state index is -0.812. The van der Waals surface area contributed by atoms with E-state index in [-0.39, 0.29) is 12.3 Å². The molecule has 1 fully saturated rings. The lowest BCUT2D eigenvalue weighted by atomic mass is 10.0. The summed E-state index contributed by atoms with van der Waals surface area (Å²) in [6, 6.07) is 14.6. The number of rotatable bonds is 8. The predicted octanol–water partition coefficient (Wildman–Crippen LogP) is 4.50. The molecule has 3 heterocycles. The average Bonchev–Trinajstić information content (AvgIpc) is 2.95. The number of aliphatic carboxylic acids is 1. The van der Waals surface area contributed by atoms with Gasteiger partial charge in [-0.2, -0.15) is 0 Å². The van der Waals surface area contributed by atoms with Crippen LogP contribution in [-0.2, 0) is 11.2 Å². The largest absolute Gasteiger partial charge is 0.481 e. The number of hydrogen-bond donors (Lipinski definition) is 1. The number of aromatic nitrogens is 4. The van der Waals surface area contributed by atoms with E-state index in [1.54, 1.807) is 30.6 Å². The summed E-state index contributed by atoms with van der Waals surface area (Å²) >= 11 is 6.08. The first kappa shape index (κ1) is 25.5. The van der Waals surface area contributed by atoms with Crippen LogP contribution in [-0.4, -0.2) is 68.0 Å². The Kier molecular flexibility index (Phi) is 7.74. The first-order valence-electron chi connectivity index (χ1n) is 12.6. The first-order chi connectivity index (χ1) is 18.5. The Hall–Kier alpha value is -4.11. The van der Waals surface area contributed by atoms with Crippen LogP contribution in [0.15, 0.2) is 60.9 Å². The van der Waals surface area contributed by atoms with Gasteiger partial charge in [0.2, 0.25) is 5.95 Å². The number of carbonyl (C=O) groups is 2. The Labute approximate surface area is 225 Å². The van der Waals surface area contributed by atoms with Crippen molar-refractivity contribution in [2.75, 3.05) is 31.1 Å². The number of benzene rings is 2. The number of carbonyl (C=O) groups excluding carboxylic acids is 1. The van der Waals surface area contributed by atoms with Gasteiger partial charge in [0.15, 0.2) is 0 Å². The van der Waals surface area contributed by atoms with Crippen molar-refractivity contribution in [2.24, 2.45) is 0 Å². The summed E-state index contributed by atoms with van der Waals surface area (Å²) in [5.41, 5.74) is 4.28. The van der Waals surface area contributed by atoms with Gasteiger partial charge in [-0.15, -0.1) is 0 Å². The molecule has 0 saturated carbocycles. The summed E-state index contributed by atoms with van der Waals surface area (Å²) < 4.78 is 0. The Balaban J connectivity index is 1.37. The fourth-order valence-electron chi connectivity index (χ4n) is 4.55. The number of carboxylic acids is 1. The van der Waals surface area contributed by atoms with Crippen LogP contribution in [0.4, 0.5) is 5.95 Å². The minimum Gasteiger partial charge on any atom is -0.481 e. The van der Waals surface area contributed by atoms with Gasteiger partial charge in [-0.3, -0.25) is 9.59 Å². The molecule has 10 heteroatoms. The van der Waals surface area contributed by atoms with E-state index in [0.29, 0.717) is 73.0 Å². The molecule has 0 radical (unpaired) electrons. The van der Waals surface area contributed by atoms with Crippen molar-refractivity contribution in [3.8, 4) is 11.3 Å². The zero-order valence-electron chi connectivity index (χ0n) is 20.8. The number of aryl methyl sites for hydroxylation is 1. The molecule has 4 aromatic rings. The van der Waals surface area contributed by atoms with Crippen molar-refractivity contribution in [1.82, 2.24) is 24.8 Å². The summed E-state index contributed by atoms with van der Waals surface area (Å²) in [7, 11) is 0. The van der Waals surface area contributed by atoms with E-state index in [1.165, 1.54) is 0 Å². The van der Waals surface area contributed by atoms with Gasteiger partial charge in [0.1, 0.15) is 0 Å². The lowest BCUT2D eigenvalue weighted by Gasteiger charge is -2.34. The van der Waals surface area contributed by atoms with Crippen LogP contribution < -0.4 is 4.90 Å². The fraction of sp³-hybridized carbons (Fsp3) is 0.286. The number of piperazine rings is 1. The maximum atomic E-state index is 13.3. The Morgan fingerprint density at radius 1 is 0.895 bits per heavy atom. The zero-order valence-corrected chi connectivity index (χ0v) is 21.5. The number of anilines is 1. The number of carboxylic acid groups (broad SMARTS) is 1. The van der Waals surface area contributed by atoms with Crippen molar-refractivity contribution >= 4 is 40.5 Å². The van der Waals surface area contributed by atoms with Gasteiger partial charge in [0.25, 0.3) is 5.91 Å². The maximum Gasteiger partial charge on any atom is 0.303 e. The minimum absolute atomic E-state index is 0.0490. The molecular formula is C28H27ClN6O3. The highest BCUT2D eigenvalue weighted by Gasteiger charge is 2.24. The van der Waals surface area contributed by atoms with Gasteiger partial charge < -0.3 is 14.9 Å². The fourth-order valence-corrected chi connectivity index (χ4v) is 4.68. The Bertz CT molecular complexity index is 1440. The molecule has 0 bridgehead atoms. The summed E-state index contributed by atoms with van der Waals surface area (Å²) in [6.45, 7) is 2.47. The van der Waals surface area contributed by atoms with Gasteiger partial charge in [0.05, 0.1) is 22.4 Å². The molecule has 0 aliphatic carbocycles. The molecule has 1 saturated heterocycles. The smallest absolute Gasteiger partial charge is 0.303 e. The van der Waals surface area contributed by atoms with Crippen LogP contribution in [0, 0.1) is 0 Å². The highest BCUT2D eigenvalue weighted by molar-refractivity contribution is 6.30. The molecule has 1 amide bonds. The monoisotopic (exact) mass is 530 g/mol.